The molecule has 0 fully saturated rings. The van der Waals surface area contributed by atoms with Crippen molar-refractivity contribution in [1.82, 2.24) is 15.2 Å². The van der Waals surface area contributed by atoms with Gasteiger partial charge >= 0.3 is 0 Å². The number of rotatable bonds is 5. The molecule has 7 heteroatoms. The number of halogens is 3. The zero-order valence-electron chi connectivity index (χ0n) is 11.8. The maximum Gasteiger partial charge on any atom is 0.173 e. The third-order valence-corrected chi connectivity index (χ3v) is 4.25. The van der Waals surface area contributed by atoms with Gasteiger partial charge in [-0.1, -0.05) is 13.0 Å². The Labute approximate surface area is 130 Å². The molecule has 2 aromatic rings. The van der Waals surface area contributed by atoms with E-state index in [1.807, 2.05) is 20.0 Å². The van der Waals surface area contributed by atoms with Gasteiger partial charge in [0.15, 0.2) is 11.6 Å². The minimum absolute atomic E-state index is 0.0864. The molecule has 3 N–H and O–H groups in total. The van der Waals surface area contributed by atoms with E-state index in [9.17, 15) is 8.78 Å². The zero-order valence-corrected chi connectivity index (χ0v) is 13.4. The second kappa shape index (κ2) is 6.64. The van der Waals surface area contributed by atoms with Crippen LogP contribution in [0.1, 0.15) is 29.9 Å². The van der Waals surface area contributed by atoms with Crippen molar-refractivity contribution in [2.45, 2.75) is 25.8 Å². The molecule has 114 valence electrons. The predicted octanol–water partition coefficient (Wildman–Crippen LogP) is 2.77. The van der Waals surface area contributed by atoms with E-state index >= 15 is 0 Å². The van der Waals surface area contributed by atoms with Crippen molar-refractivity contribution in [3.63, 3.8) is 0 Å². The van der Waals surface area contributed by atoms with E-state index in [0.29, 0.717) is 12.0 Å². The summed E-state index contributed by atoms with van der Waals surface area (Å²) < 4.78 is 28.7. The minimum Gasteiger partial charge on any atom is -0.272 e. The van der Waals surface area contributed by atoms with E-state index in [1.165, 1.54) is 6.07 Å². The maximum absolute atomic E-state index is 13.7. The van der Waals surface area contributed by atoms with Crippen molar-refractivity contribution in [2.24, 2.45) is 12.9 Å². The highest BCUT2D eigenvalue weighted by molar-refractivity contribution is 9.10. The lowest BCUT2D eigenvalue weighted by molar-refractivity contribution is 0.487. The Kier molecular flexibility index (Phi) is 5.08. The van der Waals surface area contributed by atoms with Crippen LogP contribution in [0.15, 0.2) is 22.7 Å². The van der Waals surface area contributed by atoms with Gasteiger partial charge in [0.05, 0.1) is 16.2 Å². The lowest BCUT2D eigenvalue weighted by Crippen LogP contribution is -2.30. The summed E-state index contributed by atoms with van der Waals surface area (Å²) in [5.41, 5.74) is 5.16. The normalized spacial score (nSPS) is 12.7. The molecular formula is C14H17BrF2N4. The van der Waals surface area contributed by atoms with E-state index in [1.54, 1.807) is 4.68 Å². The van der Waals surface area contributed by atoms with Crippen LogP contribution in [0.25, 0.3) is 0 Å². The number of aryl methyl sites for hydroxylation is 2. The number of hydrazine groups is 1. The van der Waals surface area contributed by atoms with Crippen molar-refractivity contribution in [2.75, 3.05) is 0 Å². The monoisotopic (exact) mass is 358 g/mol. The summed E-state index contributed by atoms with van der Waals surface area (Å²) in [6.07, 6.45) is 1.35. The third-order valence-electron chi connectivity index (χ3n) is 3.44. The molecule has 0 spiro atoms. The van der Waals surface area contributed by atoms with Gasteiger partial charge in [-0.3, -0.25) is 16.0 Å². The van der Waals surface area contributed by atoms with Gasteiger partial charge in [0.25, 0.3) is 0 Å². The molecule has 1 aromatic carbocycles. The van der Waals surface area contributed by atoms with Crippen LogP contribution in [-0.2, 0) is 19.9 Å². The Balaban J connectivity index is 2.32. The van der Waals surface area contributed by atoms with E-state index in [-0.39, 0.29) is 10.5 Å². The fraction of sp³-hybridized carbons (Fsp3) is 0.357. The van der Waals surface area contributed by atoms with E-state index in [4.69, 9.17) is 5.84 Å². The molecule has 1 heterocycles. The van der Waals surface area contributed by atoms with Crippen molar-refractivity contribution in [3.05, 3.63) is 51.3 Å². The Bertz CT molecular complexity index is 642. The summed E-state index contributed by atoms with van der Waals surface area (Å²) in [5, 5.41) is 4.37. The SMILES string of the molecule is CCc1cc(CC(NN)c2ccc(F)c(F)c2Br)n(C)n1. The molecule has 1 aromatic heterocycles. The van der Waals surface area contributed by atoms with Crippen LogP contribution in [0.4, 0.5) is 8.78 Å². The standard InChI is InChI=1S/C14H17BrF2N4/c1-3-8-6-9(21(2)20-8)7-12(19-18)10-4-5-11(16)14(17)13(10)15/h4-6,12,19H,3,7,18H2,1-2H3. The molecule has 21 heavy (non-hydrogen) atoms. The number of hydrogen-bond donors (Lipinski definition) is 2. The maximum atomic E-state index is 13.7. The highest BCUT2D eigenvalue weighted by Gasteiger charge is 2.20. The summed E-state index contributed by atoms with van der Waals surface area (Å²) in [5.74, 6) is 3.78. The Morgan fingerprint density at radius 2 is 2.14 bits per heavy atom. The largest absolute Gasteiger partial charge is 0.272 e. The van der Waals surface area contributed by atoms with Gasteiger partial charge < -0.3 is 0 Å². The molecule has 0 aliphatic rings. The zero-order chi connectivity index (χ0) is 15.6. The third kappa shape index (κ3) is 3.30. The average Bonchev–Trinajstić information content (AvgIpc) is 2.83. The Morgan fingerprint density at radius 1 is 1.43 bits per heavy atom. The first kappa shape index (κ1) is 16.1. The lowest BCUT2D eigenvalue weighted by Gasteiger charge is -2.18. The number of aromatic nitrogens is 2. The molecule has 0 radical (unpaired) electrons. The summed E-state index contributed by atoms with van der Waals surface area (Å²) in [7, 11) is 1.85. The molecule has 0 aliphatic heterocycles. The second-order valence-electron chi connectivity index (χ2n) is 4.79. The average molecular weight is 359 g/mol. The van der Waals surface area contributed by atoms with Gasteiger partial charge in [-0.2, -0.15) is 5.10 Å². The quantitative estimate of drug-likeness (QED) is 0.490. The van der Waals surface area contributed by atoms with E-state index in [2.05, 4.69) is 26.5 Å². The molecule has 0 saturated heterocycles. The van der Waals surface area contributed by atoms with Gasteiger partial charge in [-0.15, -0.1) is 0 Å². The van der Waals surface area contributed by atoms with Gasteiger partial charge in [-0.25, -0.2) is 8.78 Å². The molecule has 0 saturated carbocycles. The number of nitrogens with one attached hydrogen (secondary N) is 1. The van der Waals surface area contributed by atoms with Crippen LogP contribution in [0, 0.1) is 11.6 Å². The smallest absolute Gasteiger partial charge is 0.173 e. The summed E-state index contributed by atoms with van der Waals surface area (Å²) in [4.78, 5) is 0. The van der Waals surface area contributed by atoms with E-state index in [0.717, 1.165) is 23.9 Å². The fourth-order valence-electron chi connectivity index (χ4n) is 2.21. The van der Waals surface area contributed by atoms with Gasteiger partial charge in [0.2, 0.25) is 0 Å². The first-order chi connectivity index (χ1) is 9.97. The molecule has 0 bridgehead atoms. The highest BCUT2D eigenvalue weighted by Crippen LogP contribution is 2.29. The van der Waals surface area contributed by atoms with Crippen molar-refractivity contribution in [1.29, 1.82) is 0 Å². The highest BCUT2D eigenvalue weighted by atomic mass is 79.9. The molecule has 2 rings (SSSR count). The summed E-state index contributed by atoms with van der Waals surface area (Å²) >= 11 is 3.09. The molecule has 0 amide bonds. The predicted molar refractivity (Wildman–Crippen MR) is 80.4 cm³/mol. The number of hydrogen-bond acceptors (Lipinski definition) is 3. The van der Waals surface area contributed by atoms with Gasteiger partial charge in [0, 0.05) is 19.2 Å². The topological polar surface area (TPSA) is 55.9 Å². The van der Waals surface area contributed by atoms with Crippen LogP contribution in [0.2, 0.25) is 0 Å². The summed E-state index contributed by atoms with van der Waals surface area (Å²) in [6.45, 7) is 2.02. The summed E-state index contributed by atoms with van der Waals surface area (Å²) in [6, 6.07) is 4.25. The Hall–Kier alpha value is -1.31. The molecular weight excluding hydrogens is 342 g/mol. The second-order valence-corrected chi connectivity index (χ2v) is 5.59. The van der Waals surface area contributed by atoms with E-state index < -0.39 is 11.6 Å². The molecule has 1 unspecified atom stereocenters. The van der Waals surface area contributed by atoms with Crippen molar-refractivity contribution < 1.29 is 8.78 Å². The van der Waals surface area contributed by atoms with Crippen LogP contribution < -0.4 is 11.3 Å². The van der Waals surface area contributed by atoms with Crippen LogP contribution >= 0.6 is 15.9 Å². The lowest BCUT2D eigenvalue weighted by atomic mass is 10.0. The van der Waals surface area contributed by atoms with Gasteiger partial charge in [0.1, 0.15) is 0 Å². The first-order valence-electron chi connectivity index (χ1n) is 6.59. The number of benzene rings is 1. The minimum atomic E-state index is -0.910. The van der Waals surface area contributed by atoms with Crippen molar-refractivity contribution >= 4 is 15.9 Å². The van der Waals surface area contributed by atoms with Crippen LogP contribution in [0.5, 0.6) is 0 Å². The number of nitrogens with two attached hydrogens (primary N) is 1. The fourth-order valence-corrected chi connectivity index (χ4v) is 2.81. The number of nitrogens with zero attached hydrogens (tertiary/aromatic N) is 2. The molecule has 0 aliphatic carbocycles. The van der Waals surface area contributed by atoms with Gasteiger partial charge in [-0.05, 0) is 40.0 Å². The molecule has 4 nitrogen and oxygen atoms in total. The van der Waals surface area contributed by atoms with Crippen LogP contribution in [0.3, 0.4) is 0 Å². The van der Waals surface area contributed by atoms with Crippen molar-refractivity contribution in [3.8, 4) is 0 Å². The Morgan fingerprint density at radius 3 is 2.71 bits per heavy atom. The first-order valence-corrected chi connectivity index (χ1v) is 7.38. The van der Waals surface area contributed by atoms with Crippen LogP contribution in [-0.4, -0.2) is 9.78 Å². The molecule has 1 atom stereocenters.